The fourth-order valence-electron chi connectivity index (χ4n) is 4.62. The number of aliphatic hydroxyl groups excluding tert-OH is 2. The van der Waals surface area contributed by atoms with Crippen molar-refractivity contribution in [3.8, 4) is 0 Å². The lowest BCUT2D eigenvalue weighted by Gasteiger charge is -2.33. The molecule has 2 atom stereocenters. The molecule has 30 heavy (non-hydrogen) atoms. The summed E-state index contributed by atoms with van der Waals surface area (Å²) < 4.78 is 5.97. The third-order valence-corrected chi connectivity index (χ3v) is 6.26. The van der Waals surface area contributed by atoms with E-state index in [9.17, 15) is 15.0 Å². The first-order valence-electron chi connectivity index (χ1n) is 10.6. The van der Waals surface area contributed by atoms with E-state index in [1.54, 1.807) is 0 Å². The number of hydrogen-bond acceptors (Lipinski definition) is 5. The molecule has 0 radical (unpaired) electrons. The lowest BCUT2D eigenvalue weighted by atomic mass is 9.98. The van der Waals surface area contributed by atoms with E-state index in [1.165, 1.54) is 5.56 Å². The van der Waals surface area contributed by atoms with Crippen molar-refractivity contribution >= 4 is 22.9 Å². The molecule has 1 amide bonds. The van der Waals surface area contributed by atoms with E-state index in [4.69, 9.17) is 4.74 Å². The molecule has 3 aliphatic rings. The van der Waals surface area contributed by atoms with Crippen LogP contribution in [0, 0.1) is 0 Å². The van der Waals surface area contributed by atoms with E-state index in [2.05, 4.69) is 28.4 Å². The number of piperidine rings is 1. The van der Waals surface area contributed by atoms with Gasteiger partial charge in [0.05, 0.1) is 17.8 Å². The second kappa shape index (κ2) is 7.87. The van der Waals surface area contributed by atoms with Gasteiger partial charge in [-0.05, 0) is 37.4 Å². The summed E-state index contributed by atoms with van der Waals surface area (Å²) in [6, 6.07) is 14.0. The number of nitrogens with zero attached hydrogens (tertiary/aromatic N) is 1. The van der Waals surface area contributed by atoms with Crippen LogP contribution in [0.3, 0.4) is 0 Å². The SMILES string of the molecule is O=C1Nc2ccccc2C1=C1OCc2cc(CCCN3CC[C@H](O)[C@H](O)C3)ccc21. The van der Waals surface area contributed by atoms with E-state index in [-0.39, 0.29) is 5.91 Å². The first-order valence-corrected chi connectivity index (χ1v) is 10.6. The van der Waals surface area contributed by atoms with Crippen LogP contribution in [0.1, 0.15) is 35.1 Å². The topological polar surface area (TPSA) is 82.0 Å². The van der Waals surface area contributed by atoms with Crippen molar-refractivity contribution < 1.29 is 19.7 Å². The van der Waals surface area contributed by atoms with Crippen molar-refractivity contribution in [2.24, 2.45) is 0 Å². The van der Waals surface area contributed by atoms with Gasteiger partial charge in [-0.15, -0.1) is 0 Å². The van der Waals surface area contributed by atoms with E-state index in [0.717, 1.165) is 48.3 Å². The summed E-state index contributed by atoms with van der Waals surface area (Å²) in [6.45, 7) is 2.76. The minimum Gasteiger partial charge on any atom is -0.487 e. The molecule has 2 aromatic carbocycles. The second-order valence-corrected chi connectivity index (χ2v) is 8.31. The summed E-state index contributed by atoms with van der Waals surface area (Å²) in [7, 11) is 0. The van der Waals surface area contributed by atoms with Gasteiger partial charge in [0.1, 0.15) is 12.4 Å². The van der Waals surface area contributed by atoms with Crippen molar-refractivity contribution in [3.05, 3.63) is 64.7 Å². The van der Waals surface area contributed by atoms with Gasteiger partial charge in [0.15, 0.2) is 0 Å². The number of aryl methyl sites for hydroxylation is 1. The van der Waals surface area contributed by atoms with Crippen molar-refractivity contribution in [2.45, 2.75) is 38.1 Å². The second-order valence-electron chi connectivity index (χ2n) is 8.31. The quantitative estimate of drug-likeness (QED) is 0.680. The van der Waals surface area contributed by atoms with Crippen LogP contribution in [0.2, 0.25) is 0 Å². The molecular weight excluding hydrogens is 380 g/mol. The van der Waals surface area contributed by atoms with Gasteiger partial charge in [-0.3, -0.25) is 4.79 Å². The summed E-state index contributed by atoms with van der Waals surface area (Å²) in [6.07, 6.45) is 1.34. The average Bonchev–Trinajstić information content (AvgIpc) is 3.29. The maximum Gasteiger partial charge on any atom is 0.260 e. The first-order chi connectivity index (χ1) is 14.6. The third-order valence-electron chi connectivity index (χ3n) is 6.26. The number of aliphatic hydroxyl groups is 2. The molecule has 0 unspecified atom stereocenters. The smallest absolute Gasteiger partial charge is 0.260 e. The fraction of sp³-hybridized carbons (Fsp3) is 0.375. The first kappa shape index (κ1) is 19.3. The predicted molar refractivity (Wildman–Crippen MR) is 115 cm³/mol. The molecule has 0 bridgehead atoms. The summed E-state index contributed by atoms with van der Waals surface area (Å²) in [5.74, 6) is 0.553. The van der Waals surface area contributed by atoms with Crippen LogP contribution in [0.5, 0.6) is 0 Å². The predicted octanol–water partition coefficient (Wildman–Crippen LogP) is 2.40. The normalized spacial score (nSPS) is 25.6. The Morgan fingerprint density at radius 1 is 1.10 bits per heavy atom. The number of fused-ring (bicyclic) bond motifs is 2. The number of β-amino-alcohol motifs (C(OH)–C–C–N with tert-alkyl or cyclic N) is 1. The van der Waals surface area contributed by atoms with Crippen molar-refractivity contribution in [1.29, 1.82) is 0 Å². The highest BCUT2D eigenvalue weighted by atomic mass is 16.5. The minimum absolute atomic E-state index is 0.114. The van der Waals surface area contributed by atoms with Crippen LogP contribution in [0.4, 0.5) is 5.69 Å². The molecule has 3 heterocycles. The van der Waals surface area contributed by atoms with Crippen molar-refractivity contribution in [2.75, 3.05) is 25.0 Å². The van der Waals surface area contributed by atoms with Gasteiger partial charge in [0, 0.05) is 35.5 Å². The zero-order valence-corrected chi connectivity index (χ0v) is 16.8. The average molecular weight is 406 g/mol. The van der Waals surface area contributed by atoms with Crippen LogP contribution in [-0.2, 0) is 22.6 Å². The third kappa shape index (κ3) is 3.51. The number of carbonyl (C=O) groups excluding carboxylic acids is 1. The van der Waals surface area contributed by atoms with Crippen LogP contribution >= 0.6 is 0 Å². The van der Waals surface area contributed by atoms with Gasteiger partial charge in [-0.1, -0.05) is 36.4 Å². The Hall–Kier alpha value is -2.67. The Balaban J connectivity index is 1.29. The molecule has 3 aliphatic heterocycles. The van der Waals surface area contributed by atoms with Gasteiger partial charge in [0.25, 0.3) is 5.91 Å². The number of nitrogens with one attached hydrogen (secondary N) is 1. The standard InChI is InChI=1S/C24H26N2O4/c27-20-9-11-26(13-21(20)28)10-3-4-15-7-8-17-16(12-15)14-30-23(17)22-18-5-1-2-6-19(18)25-24(22)29/h1-2,5-8,12,20-21,27-28H,3-4,9-11,13-14H2,(H,25,29)/t20-,21+/m0/s1. The lowest BCUT2D eigenvalue weighted by molar-refractivity contribution is -0.110. The lowest BCUT2D eigenvalue weighted by Crippen LogP contribution is -2.46. The Morgan fingerprint density at radius 3 is 2.83 bits per heavy atom. The summed E-state index contributed by atoms with van der Waals surface area (Å²) in [5.41, 5.74) is 5.69. The molecule has 0 aliphatic carbocycles. The highest BCUT2D eigenvalue weighted by Gasteiger charge is 2.32. The zero-order chi connectivity index (χ0) is 20.7. The van der Waals surface area contributed by atoms with Crippen molar-refractivity contribution in [3.63, 3.8) is 0 Å². The van der Waals surface area contributed by atoms with Crippen molar-refractivity contribution in [1.82, 2.24) is 4.90 Å². The molecule has 2 aromatic rings. The Kier molecular flexibility index (Phi) is 5.06. The van der Waals surface area contributed by atoms with E-state index >= 15 is 0 Å². The van der Waals surface area contributed by atoms with Gasteiger partial charge in [-0.2, -0.15) is 0 Å². The van der Waals surface area contributed by atoms with Crippen LogP contribution in [-0.4, -0.2) is 52.9 Å². The number of carbonyl (C=O) groups is 1. The number of amides is 1. The number of para-hydroxylation sites is 1. The number of likely N-dealkylation sites (tertiary alicyclic amines) is 1. The Morgan fingerprint density at radius 2 is 1.97 bits per heavy atom. The number of anilines is 1. The highest BCUT2D eigenvalue weighted by Crippen LogP contribution is 2.41. The Bertz CT molecular complexity index is 1020. The minimum atomic E-state index is -0.639. The number of hydrogen-bond donors (Lipinski definition) is 3. The molecule has 6 heteroatoms. The van der Waals surface area contributed by atoms with Gasteiger partial charge >= 0.3 is 0 Å². The molecule has 156 valence electrons. The fourth-order valence-corrected chi connectivity index (χ4v) is 4.62. The number of rotatable bonds is 4. The molecule has 0 saturated carbocycles. The van der Waals surface area contributed by atoms with Gasteiger partial charge < -0.3 is 25.2 Å². The van der Waals surface area contributed by atoms with E-state index < -0.39 is 12.2 Å². The van der Waals surface area contributed by atoms with Gasteiger partial charge in [0.2, 0.25) is 0 Å². The van der Waals surface area contributed by atoms with E-state index in [0.29, 0.717) is 30.9 Å². The molecule has 6 nitrogen and oxygen atoms in total. The number of benzene rings is 2. The molecule has 1 fully saturated rings. The maximum atomic E-state index is 12.5. The summed E-state index contributed by atoms with van der Waals surface area (Å²) >= 11 is 0. The number of ether oxygens (including phenoxy) is 1. The summed E-state index contributed by atoms with van der Waals surface area (Å²) in [4.78, 5) is 14.8. The maximum absolute atomic E-state index is 12.5. The molecular formula is C24H26N2O4. The highest BCUT2D eigenvalue weighted by molar-refractivity contribution is 6.36. The van der Waals surface area contributed by atoms with Crippen LogP contribution < -0.4 is 5.32 Å². The van der Waals surface area contributed by atoms with Crippen LogP contribution in [0.25, 0.3) is 11.3 Å². The largest absolute Gasteiger partial charge is 0.487 e. The van der Waals surface area contributed by atoms with Crippen LogP contribution in [0.15, 0.2) is 42.5 Å². The molecule has 1 saturated heterocycles. The molecule has 5 rings (SSSR count). The molecule has 0 spiro atoms. The van der Waals surface area contributed by atoms with E-state index in [1.807, 2.05) is 24.3 Å². The monoisotopic (exact) mass is 406 g/mol. The Labute approximate surface area is 175 Å². The summed E-state index contributed by atoms with van der Waals surface area (Å²) in [5, 5.41) is 22.4. The van der Waals surface area contributed by atoms with Gasteiger partial charge in [-0.25, -0.2) is 0 Å². The molecule has 3 N–H and O–H groups in total. The zero-order valence-electron chi connectivity index (χ0n) is 16.8. The molecule has 0 aromatic heterocycles.